The molecule has 0 bridgehead atoms. The standard InChI is InChI=1S/C20H25N3O3.ClH/c1-13-12-21-9-10-22(13)18(24)14-7-8-16-17(11-14)20(26)23(19(16)25)15-5-3-2-4-6-15;/h7-8,11,13,15,21H,2-6,9-10,12H2,1H3;1H. The molecule has 27 heavy (non-hydrogen) atoms. The number of nitrogens with zero attached hydrogens (tertiary/aromatic N) is 2. The summed E-state index contributed by atoms with van der Waals surface area (Å²) in [6.45, 7) is 4.20. The number of amides is 3. The molecular formula is C20H26ClN3O3. The minimum atomic E-state index is -0.236. The Kier molecular flexibility index (Phi) is 5.86. The van der Waals surface area contributed by atoms with Gasteiger partial charge >= 0.3 is 0 Å². The van der Waals surface area contributed by atoms with Gasteiger partial charge in [-0.25, -0.2) is 0 Å². The molecule has 0 radical (unpaired) electrons. The van der Waals surface area contributed by atoms with Gasteiger partial charge in [0.25, 0.3) is 17.7 Å². The predicted molar refractivity (Wildman–Crippen MR) is 104 cm³/mol. The van der Waals surface area contributed by atoms with Crippen molar-refractivity contribution in [3.63, 3.8) is 0 Å². The average molecular weight is 392 g/mol. The fourth-order valence-electron chi connectivity index (χ4n) is 4.37. The second-order valence-corrected chi connectivity index (χ2v) is 7.58. The maximum absolute atomic E-state index is 12.9. The van der Waals surface area contributed by atoms with Gasteiger partial charge < -0.3 is 10.2 Å². The Morgan fingerprint density at radius 3 is 2.48 bits per heavy atom. The van der Waals surface area contributed by atoms with Gasteiger partial charge in [0.05, 0.1) is 11.1 Å². The van der Waals surface area contributed by atoms with Gasteiger partial charge in [-0.1, -0.05) is 19.3 Å². The number of carbonyl (C=O) groups is 3. The van der Waals surface area contributed by atoms with Crippen molar-refractivity contribution in [3.8, 4) is 0 Å². The van der Waals surface area contributed by atoms with Crippen molar-refractivity contribution in [2.45, 2.75) is 51.1 Å². The summed E-state index contributed by atoms with van der Waals surface area (Å²) >= 11 is 0. The van der Waals surface area contributed by atoms with E-state index >= 15 is 0 Å². The molecule has 1 saturated heterocycles. The highest BCUT2D eigenvalue weighted by molar-refractivity contribution is 6.22. The molecule has 2 fully saturated rings. The molecule has 1 unspecified atom stereocenters. The van der Waals surface area contributed by atoms with Gasteiger partial charge in [-0.15, -0.1) is 12.4 Å². The molecule has 1 saturated carbocycles. The van der Waals surface area contributed by atoms with Crippen LogP contribution >= 0.6 is 12.4 Å². The fraction of sp³-hybridized carbons (Fsp3) is 0.550. The summed E-state index contributed by atoms with van der Waals surface area (Å²) in [5.41, 5.74) is 1.31. The van der Waals surface area contributed by atoms with Gasteiger partial charge in [-0.2, -0.15) is 0 Å². The van der Waals surface area contributed by atoms with E-state index in [2.05, 4.69) is 5.32 Å². The molecular weight excluding hydrogens is 366 g/mol. The molecule has 4 rings (SSSR count). The molecule has 1 N–H and O–H groups in total. The van der Waals surface area contributed by atoms with Crippen LogP contribution in [0.3, 0.4) is 0 Å². The van der Waals surface area contributed by atoms with E-state index in [9.17, 15) is 14.4 Å². The number of nitrogens with one attached hydrogen (secondary N) is 1. The number of hydrogen-bond donors (Lipinski definition) is 1. The van der Waals surface area contributed by atoms with E-state index in [1.807, 2.05) is 11.8 Å². The quantitative estimate of drug-likeness (QED) is 0.786. The minimum Gasteiger partial charge on any atom is -0.333 e. The number of halogens is 1. The number of piperazine rings is 1. The van der Waals surface area contributed by atoms with Crippen LogP contribution in [0, 0.1) is 0 Å². The first kappa shape index (κ1) is 19.8. The van der Waals surface area contributed by atoms with Crippen LogP contribution in [0.25, 0.3) is 0 Å². The van der Waals surface area contributed by atoms with Crippen molar-refractivity contribution in [2.24, 2.45) is 0 Å². The van der Waals surface area contributed by atoms with Crippen LogP contribution < -0.4 is 5.32 Å². The highest BCUT2D eigenvalue weighted by Gasteiger charge is 2.40. The third-order valence-electron chi connectivity index (χ3n) is 5.87. The molecule has 1 aromatic rings. The van der Waals surface area contributed by atoms with Crippen molar-refractivity contribution < 1.29 is 14.4 Å². The lowest BCUT2D eigenvalue weighted by Gasteiger charge is -2.34. The number of fused-ring (bicyclic) bond motifs is 1. The molecule has 1 aromatic carbocycles. The van der Waals surface area contributed by atoms with Crippen LogP contribution in [-0.4, -0.2) is 59.2 Å². The first-order chi connectivity index (χ1) is 12.6. The third-order valence-corrected chi connectivity index (χ3v) is 5.87. The van der Waals surface area contributed by atoms with Gasteiger partial charge in [-0.05, 0) is 38.0 Å². The summed E-state index contributed by atoms with van der Waals surface area (Å²) in [7, 11) is 0. The van der Waals surface area contributed by atoms with E-state index in [-0.39, 0.29) is 42.2 Å². The van der Waals surface area contributed by atoms with Crippen LogP contribution in [0.4, 0.5) is 0 Å². The lowest BCUT2D eigenvalue weighted by Crippen LogP contribution is -2.52. The molecule has 2 heterocycles. The highest BCUT2D eigenvalue weighted by Crippen LogP contribution is 2.31. The topological polar surface area (TPSA) is 69.7 Å². The monoisotopic (exact) mass is 391 g/mol. The minimum absolute atomic E-state index is 0. The number of hydrogen-bond acceptors (Lipinski definition) is 4. The summed E-state index contributed by atoms with van der Waals surface area (Å²) < 4.78 is 0. The van der Waals surface area contributed by atoms with Gasteiger partial charge in [0.1, 0.15) is 0 Å². The van der Waals surface area contributed by atoms with E-state index < -0.39 is 0 Å². The lowest BCUT2D eigenvalue weighted by atomic mass is 9.94. The first-order valence-corrected chi connectivity index (χ1v) is 9.61. The lowest BCUT2D eigenvalue weighted by molar-refractivity contribution is 0.0548. The Hall–Kier alpha value is -1.92. The first-order valence-electron chi connectivity index (χ1n) is 9.61. The maximum Gasteiger partial charge on any atom is 0.261 e. The molecule has 0 spiro atoms. The number of carbonyl (C=O) groups excluding carboxylic acids is 3. The van der Waals surface area contributed by atoms with Crippen molar-refractivity contribution in [1.82, 2.24) is 15.1 Å². The summed E-state index contributed by atoms with van der Waals surface area (Å²) in [6, 6.07) is 5.07. The molecule has 6 nitrogen and oxygen atoms in total. The van der Waals surface area contributed by atoms with Crippen LogP contribution in [-0.2, 0) is 0 Å². The van der Waals surface area contributed by atoms with Crippen molar-refractivity contribution in [3.05, 3.63) is 34.9 Å². The molecule has 7 heteroatoms. The van der Waals surface area contributed by atoms with Gasteiger partial charge in [-0.3, -0.25) is 19.3 Å². The number of imide groups is 1. The zero-order chi connectivity index (χ0) is 18.3. The smallest absolute Gasteiger partial charge is 0.261 e. The Bertz CT molecular complexity index is 761. The van der Waals surface area contributed by atoms with Crippen LogP contribution in [0.1, 0.15) is 70.1 Å². The van der Waals surface area contributed by atoms with E-state index in [1.165, 1.54) is 11.3 Å². The van der Waals surface area contributed by atoms with E-state index in [4.69, 9.17) is 0 Å². The SMILES string of the molecule is CC1CNCCN1C(=O)c1ccc2c(c1)C(=O)N(C1CCCCC1)C2=O.Cl. The van der Waals surface area contributed by atoms with Gasteiger partial charge in [0, 0.05) is 37.3 Å². The van der Waals surface area contributed by atoms with Gasteiger partial charge in [0.2, 0.25) is 0 Å². The summed E-state index contributed by atoms with van der Waals surface area (Å²) in [5.74, 6) is -0.510. The predicted octanol–water partition coefficient (Wildman–Crippen LogP) is 2.47. The molecule has 1 aliphatic carbocycles. The highest BCUT2D eigenvalue weighted by atomic mass is 35.5. The van der Waals surface area contributed by atoms with Crippen LogP contribution in [0.5, 0.6) is 0 Å². The normalized spacial score (nSPS) is 23.2. The molecule has 3 amide bonds. The zero-order valence-electron chi connectivity index (χ0n) is 15.6. The van der Waals surface area contributed by atoms with Crippen LogP contribution in [0.15, 0.2) is 18.2 Å². The van der Waals surface area contributed by atoms with Crippen molar-refractivity contribution in [1.29, 1.82) is 0 Å². The molecule has 3 aliphatic rings. The molecule has 2 aliphatic heterocycles. The average Bonchev–Trinajstić information content (AvgIpc) is 2.92. The van der Waals surface area contributed by atoms with Gasteiger partial charge in [0.15, 0.2) is 0 Å². The summed E-state index contributed by atoms with van der Waals surface area (Å²) in [4.78, 5) is 41.8. The van der Waals surface area contributed by atoms with E-state index in [1.54, 1.807) is 18.2 Å². The van der Waals surface area contributed by atoms with Crippen molar-refractivity contribution in [2.75, 3.05) is 19.6 Å². The van der Waals surface area contributed by atoms with E-state index in [0.717, 1.165) is 38.8 Å². The summed E-state index contributed by atoms with van der Waals surface area (Å²) in [6.07, 6.45) is 5.05. The fourth-order valence-corrected chi connectivity index (χ4v) is 4.37. The summed E-state index contributed by atoms with van der Waals surface area (Å²) in [5, 5.41) is 3.27. The maximum atomic E-state index is 12.9. The second-order valence-electron chi connectivity index (χ2n) is 7.58. The zero-order valence-corrected chi connectivity index (χ0v) is 16.4. The van der Waals surface area contributed by atoms with Crippen molar-refractivity contribution >= 4 is 30.1 Å². The Morgan fingerprint density at radius 2 is 1.78 bits per heavy atom. The largest absolute Gasteiger partial charge is 0.333 e. The Balaban J connectivity index is 0.00000210. The Labute approximate surface area is 165 Å². The second kappa shape index (κ2) is 7.98. The third kappa shape index (κ3) is 3.48. The molecule has 0 aromatic heterocycles. The number of benzene rings is 1. The Morgan fingerprint density at radius 1 is 1.07 bits per heavy atom. The molecule has 146 valence electrons. The van der Waals surface area contributed by atoms with Crippen LogP contribution in [0.2, 0.25) is 0 Å². The van der Waals surface area contributed by atoms with E-state index in [0.29, 0.717) is 23.2 Å². The molecule has 1 atom stereocenters. The number of rotatable bonds is 2.